The molecule has 0 aliphatic heterocycles. The molecule has 1 unspecified atom stereocenters. The van der Waals surface area contributed by atoms with Gasteiger partial charge in [0.2, 0.25) is 0 Å². The predicted molar refractivity (Wildman–Crippen MR) is 80.4 cm³/mol. The summed E-state index contributed by atoms with van der Waals surface area (Å²) in [4.78, 5) is 4.57. The van der Waals surface area contributed by atoms with Crippen LogP contribution in [0.2, 0.25) is 0 Å². The van der Waals surface area contributed by atoms with E-state index >= 15 is 0 Å². The van der Waals surface area contributed by atoms with E-state index in [9.17, 15) is 0 Å². The lowest BCUT2D eigenvalue weighted by molar-refractivity contribution is 0.719. The van der Waals surface area contributed by atoms with Crippen molar-refractivity contribution in [1.82, 2.24) is 19.7 Å². The fourth-order valence-corrected chi connectivity index (χ4v) is 3.18. The second-order valence-electron chi connectivity index (χ2n) is 4.30. The van der Waals surface area contributed by atoms with Gasteiger partial charge in [0.1, 0.15) is 6.33 Å². The van der Waals surface area contributed by atoms with Gasteiger partial charge in [0.05, 0.1) is 16.3 Å². The van der Waals surface area contributed by atoms with Crippen molar-refractivity contribution in [3.8, 4) is 0 Å². The molecule has 3 aromatic rings. The van der Waals surface area contributed by atoms with Gasteiger partial charge >= 0.3 is 0 Å². The van der Waals surface area contributed by atoms with Gasteiger partial charge in [-0.2, -0.15) is 0 Å². The Balaban J connectivity index is 1.87. The Labute approximate surface area is 122 Å². The van der Waals surface area contributed by atoms with Crippen molar-refractivity contribution >= 4 is 42.6 Å². The van der Waals surface area contributed by atoms with Crippen molar-refractivity contribution in [2.75, 3.05) is 5.32 Å². The van der Waals surface area contributed by atoms with Crippen molar-refractivity contribution in [1.29, 1.82) is 0 Å². The van der Waals surface area contributed by atoms with Crippen LogP contribution in [0, 0.1) is 0 Å². The molecule has 0 saturated heterocycles. The van der Waals surface area contributed by atoms with Gasteiger partial charge in [-0.25, -0.2) is 4.98 Å². The minimum atomic E-state index is 0.0662. The number of rotatable bonds is 3. The Kier molecular flexibility index (Phi) is 3.24. The summed E-state index contributed by atoms with van der Waals surface area (Å²) >= 11 is 5.09. The SMILES string of the molecule is CC(Nc1nc2cc(Br)ccc2s1)c1nncn1C. The van der Waals surface area contributed by atoms with Gasteiger partial charge in [-0.15, -0.1) is 10.2 Å². The Hall–Kier alpha value is -1.47. The van der Waals surface area contributed by atoms with Gasteiger partial charge < -0.3 is 9.88 Å². The number of thiazole rings is 1. The highest BCUT2D eigenvalue weighted by Crippen LogP contribution is 2.30. The molecule has 0 radical (unpaired) electrons. The number of nitrogens with one attached hydrogen (secondary N) is 1. The van der Waals surface area contributed by atoms with Gasteiger partial charge in [-0.3, -0.25) is 0 Å². The second-order valence-corrected chi connectivity index (χ2v) is 6.24. The number of fused-ring (bicyclic) bond motifs is 1. The molecule has 1 atom stereocenters. The molecule has 2 aromatic heterocycles. The average molecular weight is 338 g/mol. The molecule has 0 aliphatic carbocycles. The third kappa shape index (κ3) is 2.48. The van der Waals surface area contributed by atoms with Gasteiger partial charge in [-0.05, 0) is 25.1 Å². The fourth-order valence-electron chi connectivity index (χ4n) is 1.90. The molecule has 5 nitrogen and oxygen atoms in total. The number of nitrogens with zero attached hydrogens (tertiary/aromatic N) is 4. The number of hydrogen-bond acceptors (Lipinski definition) is 5. The molecule has 3 rings (SSSR count). The highest BCUT2D eigenvalue weighted by Gasteiger charge is 2.13. The largest absolute Gasteiger partial charge is 0.352 e. The minimum absolute atomic E-state index is 0.0662. The summed E-state index contributed by atoms with van der Waals surface area (Å²) in [6, 6.07) is 6.17. The lowest BCUT2D eigenvalue weighted by Gasteiger charge is -2.11. The zero-order valence-corrected chi connectivity index (χ0v) is 12.9. The minimum Gasteiger partial charge on any atom is -0.352 e. The molecular formula is C12H12BrN5S. The number of benzene rings is 1. The van der Waals surface area contributed by atoms with E-state index < -0.39 is 0 Å². The van der Waals surface area contributed by atoms with Gasteiger partial charge in [0, 0.05) is 11.5 Å². The van der Waals surface area contributed by atoms with E-state index in [2.05, 4.69) is 42.5 Å². The maximum atomic E-state index is 4.57. The average Bonchev–Trinajstić information content (AvgIpc) is 2.94. The summed E-state index contributed by atoms with van der Waals surface area (Å²) in [6.45, 7) is 2.05. The van der Waals surface area contributed by atoms with Crippen LogP contribution in [0.1, 0.15) is 18.8 Å². The summed E-state index contributed by atoms with van der Waals surface area (Å²) in [7, 11) is 1.93. The molecular weight excluding hydrogens is 326 g/mol. The first-order chi connectivity index (χ1) is 9.13. The van der Waals surface area contributed by atoms with E-state index in [0.29, 0.717) is 0 Å². The van der Waals surface area contributed by atoms with Gasteiger partial charge in [0.15, 0.2) is 11.0 Å². The van der Waals surface area contributed by atoms with Crippen molar-refractivity contribution in [3.63, 3.8) is 0 Å². The van der Waals surface area contributed by atoms with E-state index in [-0.39, 0.29) is 6.04 Å². The summed E-state index contributed by atoms with van der Waals surface area (Å²) in [5.41, 5.74) is 0.993. The van der Waals surface area contributed by atoms with Crippen LogP contribution in [-0.4, -0.2) is 19.7 Å². The predicted octanol–water partition coefficient (Wildman–Crippen LogP) is 3.36. The molecule has 0 amide bonds. The lowest BCUT2D eigenvalue weighted by Crippen LogP contribution is -2.11. The maximum Gasteiger partial charge on any atom is 0.184 e. The number of halogens is 1. The van der Waals surface area contributed by atoms with Crippen LogP contribution >= 0.6 is 27.3 Å². The van der Waals surface area contributed by atoms with Gasteiger partial charge in [0.25, 0.3) is 0 Å². The third-order valence-electron chi connectivity index (χ3n) is 2.82. The van der Waals surface area contributed by atoms with E-state index in [1.165, 1.54) is 0 Å². The second kappa shape index (κ2) is 4.90. The highest BCUT2D eigenvalue weighted by molar-refractivity contribution is 9.10. The summed E-state index contributed by atoms with van der Waals surface area (Å²) in [6.07, 6.45) is 1.70. The quantitative estimate of drug-likeness (QED) is 0.796. The lowest BCUT2D eigenvalue weighted by atomic mass is 10.3. The summed E-state index contributed by atoms with van der Waals surface area (Å²) in [5.74, 6) is 0.889. The zero-order valence-electron chi connectivity index (χ0n) is 10.5. The van der Waals surface area contributed by atoms with Crippen LogP contribution in [0.4, 0.5) is 5.13 Å². The van der Waals surface area contributed by atoms with E-state index in [4.69, 9.17) is 0 Å². The maximum absolute atomic E-state index is 4.57. The molecule has 2 heterocycles. The Morgan fingerprint density at radius 3 is 3.00 bits per heavy atom. The standard InChI is InChI=1S/C12H12BrN5S/c1-7(11-17-14-6-18(11)2)15-12-16-9-5-8(13)3-4-10(9)19-12/h3-7H,1-2H3,(H,15,16). The molecule has 1 N–H and O–H groups in total. The smallest absolute Gasteiger partial charge is 0.184 e. The number of aryl methyl sites for hydroxylation is 1. The van der Waals surface area contributed by atoms with Crippen LogP contribution in [0.15, 0.2) is 29.0 Å². The summed E-state index contributed by atoms with van der Waals surface area (Å²) in [5, 5.41) is 12.2. The molecule has 7 heteroatoms. The first kappa shape index (κ1) is 12.6. The van der Waals surface area contributed by atoms with E-state index in [0.717, 1.165) is 25.6 Å². The summed E-state index contributed by atoms with van der Waals surface area (Å²) < 4.78 is 4.11. The molecule has 0 saturated carbocycles. The van der Waals surface area contributed by atoms with Gasteiger partial charge in [-0.1, -0.05) is 27.3 Å². The molecule has 0 aliphatic rings. The van der Waals surface area contributed by atoms with Crippen molar-refractivity contribution in [3.05, 3.63) is 34.8 Å². The number of aromatic nitrogens is 4. The Morgan fingerprint density at radius 2 is 2.26 bits per heavy atom. The molecule has 98 valence electrons. The topological polar surface area (TPSA) is 55.6 Å². The van der Waals surface area contributed by atoms with Crippen LogP contribution < -0.4 is 5.32 Å². The van der Waals surface area contributed by atoms with Crippen molar-refractivity contribution in [2.24, 2.45) is 7.05 Å². The van der Waals surface area contributed by atoms with E-state index in [1.54, 1.807) is 17.7 Å². The normalized spacial score (nSPS) is 12.8. The van der Waals surface area contributed by atoms with Crippen molar-refractivity contribution < 1.29 is 0 Å². The Morgan fingerprint density at radius 1 is 1.42 bits per heavy atom. The first-order valence-corrected chi connectivity index (χ1v) is 7.41. The molecule has 1 aromatic carbocycles. The number of hydrogen-bond donors (Lipinski definition) is 1. The molecule has 19 heavy (non-hydrogen) atoms. The Bertz CT molecular complexity index is 720. The fraction of sp³-hybridized carbons (Fsp3) is 0.250. The highest BCUT2D eigenvalue weighted by atomic mass is 79.9. The van der Waals surface area contributed by atoms with Crippen LogP contribution in [-0.2, 0) is 7.05 Å². The molecule has 0 fully saturated rings. The van der Waals surface area contributed by atoms with Crippen LogP contribution in [0.5, 0.6) is 0 Å². The van der Waals surface area contributed by atoms with Crippen molar-refractivity contribution in [2.45, 2.75) is 13.0 Å². The monoisotopic (exact) mass is 337 g/mol. The number of anilines is 1. The molecule has 0 bridgehead atoms. The van der Waals surface area contributed by atoms with Crippen LogP contribution in [0.3, 0.4) is 0 Å². The molecule has 0 spiro atoms. The third-order valence-corrected chi connectivity index (χ3v) is 4.28. The van der Waals surface area contributed by atoms with E-state index in [1.807, 2.05) is 30.7 Å². The zero-order chi connectivity index (χ0) is 13.4. The first-order valence-electron chi connectivity index (χ1n) is 5.80. The van der Waals surface area contributed by atoms with Crippen LogP contribution in [0.25, 0.3) is 10.2 Å².